The van der Waals surface area contributed by atoms with Crippen LogP contribution in [0.25, 0.3) is 5.65 Å². The van der Waals surface area contributed by atoms with Gasteiger partial charge in [0.05, 0.1) is 11.8 Å². The van der Waals surface area contributed by atoms with Gasteiger partial charge < -0.3 is 18.9 Å². The molecule has 0 saturated carbocycles. The third-order valence-corrected chi connectivity index (χ3v) is 6.32. The second kappa shape index (κ2) is 9.26. The molecule has 29 heavy (non-hydrogen) atoms. The summed E-state index contributed by atoms with van der Waals surface area (Å²) in [6, 6.07) is 4.10. The molecule has 6 nitrogen and oxygen atoms in total. The van der Waals surface area contributed by atoms with Crippen molar-refractivity contribution >= 4 is 11.6 Å². The Kier molecular flexibility index (Phi) is 6.50. The largest absolute Gasteiger partial charge is 0.378 e. The summed E-state index contributed by atoms with van der Waals surface area (Å²) in [7, 11) is 2.13. The Hall–Kier alpha value is -1.92. The third kappa shape index (κ3) is 4.64. The van der Waals surface area contributed by atoms with Crippen molar-refractivity contribution in [2.24, 2.45) is 0 Å². The number of hydrogen-bond acceptors (Lipinski definition) is 4. The van der Waals surface area contributed by atoms with Gasteiger partial charge in [0.1, 0.15) is 5.65 Å². The molecule has 2 saturated heterocycles. The summed E-state index contributed by atoms with van der Waals surface area (Å²) < 4.78 is 8.00. The van der Waals surface area contributed by atoms with Gasteiger partial charge in [-0.2, -0.15) is 0 Å². The number of carbonyl (C=O) groups is 1. The van der Waals surface area contributed by atoms with Crippen LogP contribution in [0.3, 0.4) is 0 Å². The molecule has 158 valence electrons. The highest BCUT2D eigenvalue weighted by Crippen LogP contribution is 2.22. The number of aromatic nitrogens is 2. The van der Waals surface area contributed by atoms with Crippen molar-refractivity contribution in [2.45, 2.75) is 64.5 Å². The summed E-state index contributed by atoms with van der Waals surface area (Å²) in [4.78, 5) is 22.4. The quantitative estimate of drug-likeness (QED) is 0.745. The molecule has 6 heteroatoms. The van der Waals surface area contributed by atoms with Crippen molar-refractivity contribution in [3.8, 4) is 0 Å². The SMILES string of the molecule is Cc1cccn2c(CN(C)CCC3CCCCO3)c(C(=O)N3CCCCC3)nc12. The van der Waals surface area contributed by atoms with Crippen LogP contribution < -0.4 is 0 Å². The van der Waals surface area contributed by atoms with Crippen LogP contribution in [0.4, 0.5) is 0 Å². The van der Waals surface area contributed by atoms with E-state index in [-0.39, 0.29) is 5.91 Å². The molecule has 0 spiro atoms. The van der Waals surface area contributed by atoms with Gasteiger partial charge in [0.15, 0.2) is 5.69 Å². The van der Waals surface area contributed by atoms with Crippen molar-refractivity contribution in [1.82, 2.24) is 19.2 Å². The van der Waals surface area contributed by atoms with Crippen molar-refractivity contribution in [2.75, 3.05) is 33.3 Å². The first-order chi connectivity index (χ1) is 14.1. The smallest absolute Gasteiger partial charge is 0.274 e. The second-order valence-electron chi connectivity index (χ2n) is 8.66. The minimum atomic E-state index is 0.0896. The number of nitrogens with zero attached hydrogens (tertiary/aromatic N) is 4. The number of aryl methyl sites for hydroxylation is 1. The summed E-state index contributed by atoms with van der Waals surface area (Å²) >= 11 is 0. The molecule has 0 aromatic carbocycles. The Bertz CT molecular complexity index is 835. The van der Waals surface area contributed by atoms with E-state index in [9.17, 15) is 4.79 Å². The van der Waals surface area contributed by atoms with Crippen molar-refractivity contribution in [1.29, 1.82) is 0 Å². The van der Waals surface area contributed by atoms with Crippen LogP contribution in [-0.2, 0) is 11.3 Å². The van der Waals surface area contributed by atoms with E-state index in [1.54, 1.807) is 0 Å². The molecule has 1 atom stereocenters. The number of imidazole rings is 1. The molecular formula is C23H34N4O2. The van der Waals surface area contributed by atoms with E-state index in [2.05, 4.69) is 29.3 Å². The lowest BCUT2D eigenvalue weighted by Crippen LogP contribution is -2.36. The lowest BCUT2D eigenvalue weighted by atomic mass is 10.1. The van der Waals surface area contributed by atoms with Gasteiger partial charge in [-0.15, -0.1) is 0 Å². The average molecular weight is 399 g/mol. The summed E-state index contributed by atoms with van der Waals surface area (Å²) in [6.45, 7) is 6.33. The average Bonchev–Trinajstić information content (AvgIpc) is 3.13. The molecule has 1 amide bonds. The first-order valence-electron chi connectivity index (χ1n) is 11.2. The lowest BCUT2D eigenvalue weighted by Gasteiger charge is -2.27. The topological polar surface area (TPSA) is 50.1 Å². The maximum atomic E-state index is 13.3. The van der Waals surface area contributed by atoms with Gasteiger partial charge in [-0.1, -0.05) is 6.07 Å². The molecule has 0 aliphatic carbocycles. The Balaban J connectivity index is 1.54. The number of hydrogen-bond donors (Lipinski definition) is 0. The summed E-state index contributed by atoms with van der Waals surface area (Å²) in [5.74, 6) is 0.0896. The Morgan fingerprint density at radius 2 is 2.07 bits per heavy atom. The van der Waals surface area contributed by atoms with Crippen LogP contribution in [0.15, 0.2) is 18.3 Å². The number of rotatable bonds is 6. The Morgan fingerprint density at radius 3 is 2.83 bits per heavy atom. The fourth-order valence-electron chi connectivity index (χ4n) is 4.56. The maximum absolute atomic E-state index is 13.3. The standard InChI is InChI=1S/C23H34N4O2/c1-18-9-8-14-27-20(17-25(2)15-11-19-10-4-7-16-29-19)21(24-22(18)27)23(28)26-12-5-3-6-13-26/h8-9,14,19H,3-7,10-13,15-17H2,1-2H3. The van der Waals surface area contributed by atoms with Gasteiger partial charge in [0, 0.05) is 39.0 Å². The van der Waals surface area contributed by atoms with Crippen molar-refractivity contribution in [3.05, 3.63) is 35.3 Å². The normalized spacial score (nSPS) is 20.5. The van der Waals surface area contributed by atoms with E-state index in [4.69, 9.17) is 9.72 Å². The van der Waals surface area contributed by atoms with Crippen LogP contribution in [0.1, 0.15) is 66.7 Å². The van der Waals surface area contributed by atoms with Crippen molar-refractivity contribution in [3.63, 3.8) is 0 Å². The zero-order chi connectivity index (χ0) is 20.2. The number of fused-ring (bicyclic) bond motifs is 1. The molecular weight excluding hydrogens is 364 g/mol. The molecule has 0 bridgehead atoms. The lowest BCUT2D eigenvalue weighted by molar-refractivity contribution is 0.00633. The number of likely N-dealkylation sites (tertiary alicyclic amines) is 1. The van der Waals surface area contributed by atoms with Crippen molar-refractivity contribution < 1.29 is 9.53 Å². The summed E-state index contributed by atoms with van der Waals surface area (Å²) in [5, 5.41) is 0. The van der Waals surface area contributed by atoms with E-state index in [0.29, 0.717) is 18.3 Å². The number of pyridine rings is 1. The van der Waals surface area contributed by atoms with Crippen LogP contribution in [-0.4, -0.2) is 64.5 Å². The van der Waals surface area contributed by atoms with E-state index in [0.717, 1.165) is 62.4 Å². The number of ether oxygens (including phenoxy) is 1. The molecule has 2 fully saturated rings. The fourth-order valence-corrected chi connectivity index (χ4v) is 4.56. The molecule has 2 aromatic rings. The molecule has 2 aromatic heterocycles. The highest BCUT2D eigenvalue weighted by molar-refractivity contribution is 5.94. The number of piperidine rings is 1. The minimum Gasteiger partial charge on any atom is -0.378 e. The molecule has 2 aliphatic heterocycles. The first kappa shape index (κ1) is 20.4. The number of amides is 1. The molecule has 4 rings (SSSR count). The zero-order valence-corrected chi connectivity index (χ0v) is 17.9. The highest BCUT2D eigenvalue weighted by atomic mass is 16.5. The predicted molar refractivity (Wildman–Crippen MR) is 114 cm³/mol. The second-order valence-corrected chi connectivity index (χ2v) is 8.66. The molecule has 2 aliphatic rings. The van der Waals surface area contributed by atoms with E-state index < -0.39 is 0 Å². The van der Waals surface area contributed by atoms with Gasteiger partial charge in [-0.05, 0) is 70.5 Å². The fraction of sp³-hybridized carbons (Fsp3) is 0.652. The Labute approximate surface area is 173 Å². The first-order valence-corrected chi connectivity index (χ1v) is 11.2. The molecule has 4 heterocycles. The maximum Gasteiger partial charge on any atom is 0.274 e. The highest BCUT2D eigenvalue weighted by Gasteiger charge is 2.26. The third-order valence-electron chi connectivity index (χ3n) is 6.32. The van der Waals surface area contributed by atoms with Crippen LogP contribution >= 0.6 is 0 Å². The number of carbonyl (C=O) groups excluding carboxylic acids is 1. The van der Waals surface area contributed by atoms with E-state index in [1.807, 2.05) is 17.2 Å². The van der Waals surface area contributed by atoms with Gasteiger partial charge in [0.25, 0.3) is 5.91 Å². The van der Waals surface area contributed by atoms with E-state index in [1.165, 1.54) is 25.7 Å². The molecule has 0 radical (unpaired) electrons. The van der Waals surface area contributed by atoms with Gasteiger partial charge in [-0.25, -0.2) is 4.98 Å². The van der Waals surface area contributed by atoms with Crippen LogP contribution in [0, 0.1) is 6.92 Å². The molecule has 1 unspecified atom stereocenters. The minimum absolute atomic E-state index is 0.0896. The summed E-state index contributed by atoms with van der Waals surface area (Å²) in [5.41, 5.74) is 3.63. The Morgan fingerprint density at radius 1 is 1.24 bits per heavy atom. The molecule has 0 N–H and O–H groups in total. The van der Waals surface area contributed by atoms with Crippen LogP contribution in [0.5, 0.6) is 0 Å². The monoisotopic (exact) mass is 398 g/mol. The van der Waals surface area contributed by atoms with Gasteiger partial charge in [0.2, 0.25) is 0 Å². The zero-order valence-electron chi connectivity index (χ0n) is 17.9. The van der Waals surface area contributed by atoms with Crippen LogP contribution in [0.2, 0.25) is 0 Å². The summed E-state index contributed by atoms with van der Waals surface area (Å²) in [6.07, 6.45) is 10.5. The van der Waals surface area contributed by atoms with Gasteiger partial charge in [-0.3, -0.25) is 4.79 Å². The predicted octanol–water partition coefficient (Wildman–Crippen LogP) is 3.66. The van der Waals surface area contributed by atoms with E-state index >= 15 is 0 Å². The van der Waals surface area contributed by atoms with Gasteiger partial charge >= 0.3 is 0 Å².